The number of ether oxygens (including phenoxy) is 1. The number of aromatic nitrogens is 2. The summed E-state index contributed by atoms with van der Waals surface area (Å²) in [6, 6.07) is 3.78. The number of amides is 1. The van der Waals surface area contributed by atoms with Gasteiger partial charge in [-0.2, -0.15) is 10.4 Å². The lowest BCUT2D eigenvalue weighted by molar-refractivity contribution is 0.0693. The number of hydrogen-bond donors (Lipinski definition) is 0. The molecule has 0 bridgehead atoms. The molecule has 1 rings (SSSR count). The summed E-state index contributed by atoms with van der Waals surface area (Å²) in [5.74, 6) is -0.161. The molecule has 0 aromatic carbocycles. The highest BCUT2D eigenvalue weighted by atomic mass is 16.5. The standard InChI is InChI=1S/C12H18N4O2/c1-10-9-11(14-15(10)2)12(17)16(6-4-5-13)7-8-18-3/h9H,4,6-8H2,1-3H3. The van der Waals surface area contributed by atoms with E-state index in [4.69, 9.17) is 10.00 Å². The second-order valence-electron chi connectivity index (χ2n) is 3.99. The summed E-state index contributed by atoms with van der Waals surface area (Å²) >= 11 is 0. The van der Waals surface area contributed by atoms with E-state index in [2.05, 4.69) is 5.10 Å². The Morgan fingerprint density at radius 2 is 2.33 bits per heavy atom. The van der Waals surface area contributed by atoms with Gasteiger partial charge in [-0.25, -0.2) is 0 Å². The zero-order valence-corrected chi connectivity index (χ0v) is 11.0. The molecule has 0 aliphatic rings. The van der Waals surface area contributed by atoms with Crippen molar-refractivity contribution in [3.63, 3.8) is 0 Å². The average molecular weight is 250 g/mol. The average Bonchev–Trinajstić information content (AvgIpc) is 2.69. The highest BCUT2D eigenvalue weighted by Gasteiger charge is 2.18. The first-order valence-electron chi connectivity index (χ1n) is 5.76. The molecule has 1 aromatic heterocycles. The molecule has 0 fully saturated rings. The summed E-state index contributed by atoms with van der Waals surface area (Å²) in [5.41, 5.74) is 1.33. The predicted molar refractivity (Wildman–Crippen MR) is 66.0 cm³/mol. The van der Waals surface area contributed by atoms with E-state index < -0.39 is 0 Å². The molecule has 1 aromatic rings. The summed E-state index contributed by atoms with van der Waals surface area (Å²) in [6.45, 7) is 3.20. The Kier molecular flexibility index (Phi) is 5.33. The highest BCUT2D eigenvalue weighted by Crippen LogP contribution is 2.06. The summed E-state index contributed by atoms with van der Waals surface area (Å²) in [4.78, 5) is 13.8. The second-order valence-corrected chi connectivity index (χ2v) is 3.99. The molecule has 6 heteroatoms. The Morgan fingerprint density at radius 1 is 1.61 bits per heavy atom. The van der Waals surface area contributed by atoms with Crippen molar-refractivity contribution in [2.24, 2.45) is 7.05 Å². The van der Waals surface area contributed by atoms with Crippen molar-refractivity contribution < 1.29 is 9.53 Å². The van der Waals surface area contributed by atoms with Gasteiger partial charge in [0.2, 0.25) is 0 Å². The normalized spacial score (nSPS) is 10.1. The Bertz CT molecular complexity index is 428. The van der Waals surface area contributed by atoms with Crippen LogP contribution in [0.3, 0.4) is 0 Å². The van der Waals surface area contributed by atoms with Crippen LogP contribution < -0.4 is 0 Å². The van der Waals surface area contributed by atoms with Crippen LogP contribution in [0.5, 0.6) is 0 Å². The van der Waals surface area contributed by atoms with E-state index in [0.717, 1.165) is 5.69 Å². The van der Waals surface area contributed by atoms with Crippen LogP contribution in [0.25, 0.3) is 0 Å². The number of rotatable bonds is 6. The lowest BCUT2D eigenvalue weighted by Gasteiger charge is -2.19. The lowest BCUT2D eigenvalue weighted by Crippen LogP contribution is -2.35. The molecule has 0 unspecified atom stereocenters. The van der Waals surface area contributed by atoms with Gasteiger partial charge in [0.1, 0.15) is 0 Å². The third kappa shape index (κ3) is 3.57. The first kappa shape index (κ1) is 14.2. The minimum absolute atomic E-state index is 0.161. The Morgan fingerprint density at radius 3 is 2.83 bits per heavy atom. The number of methoxy groups -OCH3 is 1. The largest absolute Gasteiger partial charge is 0.383 e. The third-order valence-corrected chi connectivity index (χ3v) is 2.68. The topological polar surface area (TPSA) is 71.2 Å². The van der Waals surface area contributed by atoms with Crippen molar-refractivity contribution in [2.75, 3.05) is 26.8 Å². The molecular weight excluding hydrogens is 232 g/mol. The maximum atomic E-state index is 12.2. The molecule has 0 N–H and O–H groups in total. The lowest BCUT2D eigenvalue weighted by atomic mass is 10.3. The maximum Gasteiger partial charge on any atom is 0.274 e. The molecule has 0 saturated carbocycles. The predicted octanol–water partition coefficient (Wildman–Crippen LogP) is 0.731. The number of aryl methyl sites for hydroxylation is 2. The fourth-order valence-corrected chi connectivity index (χ4v) is 1.53. The number of nitriles is 1. The maximum absolute atomic E-state index is 12.2. The molecule has 1 amide bonds. The van der Waals surface area contributed by atoms with Crippen molar-refractivity contribution in [2.45, 2.75) is 13.3 Å². The quantitative estimate of drug-likeness (QED) is 0.746. The van der Waals surface area contributed by atoms with Gasteiger partial charge >= 0.3 is 0 Å². The van der Waals surface area contributed by atoms with Gasteiger partial charge in [-0.1, -0.05) is 0 Å². The number of nitrogens with zero attached hydrogens (tertiary/aromatic N) is 4. The smallest absolute Gasteiger partial charge is 0.274 e. The molecule has 0 spiro atoms. The minimum atomic E-state index is -0.161. The molecule has 6 nitrogen and oxygen atoms in total. The molecule has 18 heavy (non-hydrogen) atoms. The van der Waals surface area contributed by atoms with Crippen LogP contribution in [-0.4, -0.2) is 47.4 Å². The molecule has 0 atom stereocenters. The fourth-order valence-electron chi connectivity index (χ4n) is 1.53. The molecule has 0 radical (unpaired) electrons. The van der Waals surface area contributed by atoms with Crippen LogP contribution >= 0.6 is 0 Å². The van der Waals surface area contributed by atoms with Crippen molar-refractivity contribution in [3.8, 4) is 6.07 Å². The fraction of sp³-hybridized carbons (Fsp3) is 0.583. The van der Waals surface area contributed by atoms with Gasteiger partial charge in [-0.15, -0.1) is 0 Å². The Balaban J connectivity index is 2.77. The van der Waals surface area contributed by atoms with E-state index in [1.165, 1.54) is 0 Å². The summed E-state index contributed by atoms with van der Waals surface area (Å²) in [7, 11) is 3.37. The second kappa shape index (κ2) is 6.77. The van der Waals surface area contributed by atoms with Crippen LogP contribution in [0, 0.1) is 18.3 Å². The van der Waals surface area contributed by atoms with Crippen LogP contribution in [0.15, 0.2) is 6.07 Å². The molecular formula is C12H18N4O2. The third-order valence-electron chi connectivity index (χ3n) is 2.68. The van der Waals surface area contributed by atoms with Gasteiger partial charge in [0.15, 0.2) is 5.69 Å². The van der Waals surface area contributed by atoms with E-state index in [-0.39, 0.29) is 5.91 Å². The first-order chi connectivity index (χ1) is 8.60. The Labute approximate surface area is 107 Å². The SMILES string of the molecule is COCCN(CCC#N)C(=O)c1cc(C)n(C)n1. The van der Waals surface area contributed by atoms with Crippen LogP contribution in [0.4, 0.5) is 0 Å². The van der Waals surface area contributed by atoms with Crippen LogP contribution in [0.2, 0.25) is 0 Å². The van der Waals surface area contributed by atoms with Crippen molar-refractivity contribution in [1.82, 2.24) is 14.7 Å². The van der Waals surface area contributed by atoms with Crippen molar-refractivity contribution >= 4 is 5.91 Å². The van der Waals surface area contributed by atoms with E-state index in [9.17, 15) is 4.79 Å². The molecule has 0 aliphatic carbocycles. The van der Waals surface area contributed by atoms with Gasteiger partial charge in [-0.3, -0.25) is 9.48 Å². The van der Waals surface area contributed by atoms with E-state index >= 15 is 0 Å². The van der Waals surface area contributed by atoms with Crippen LogP contribution in [-0.2, 0) is 11.8 Å². The number of carbonyl (C=O) groups is 1. The monoisotopic (exact) mass is 250 g/mol. The van der Waals surface area contributed by atoms with E-state index in [1.807, 2.05) is 13.0 Å². The van der Waals surface area contributed by atoms with Gasteiger partial charge in [-0.05, 0) is 13.0 Å². The molecule has 1 heterocycles. The summed E-state index contributed by atoms with van der Waals surface area (Å²) in [5, 5.41) is 12.8. The number of carbonyl (C=O) groups excluding carboxylic acids is 1. The van der Waals surface area contributed by atoms with Gasteiger partial charge in [0, 0.05) is 32.9 Å². The zero-order chi connectivity index (χ0) is 13.5. The van der Waals surface area contributed by atoms with Crippen molar-refractivity contribution in [1.29, 1.82) is 5.26 Å². The molecule has 0 aliphatic heterocycles. The number of hydrogen-bond acceptors (Lipinski definition) is 4. The Hall–Kier alpha value is -1.87. The highest BCUT2D eigenvalue weighted by molar-refractivity contribution is 5.92. The summed E-state index contributed by atoms with van der Waals surface area (Å²) in [6.07, 6.45) is 0.307. The first-order valence-corrected chi connectivity index (χ1v) is 5.76. The van der Waals surface area contributed by atoms with Gasteiger partial charge in [0.25, 0.3) is 5.91 Å². The van der Waals surface area contributed by atoms with E-state index in [0.29, 0.717) is 31.8 Å². The molecule has 98 valence electrons. The summed E-state index contributed by atoms with van der Waals surface area (Å²) < 4.78 is 6.62. The van der Waals surface area contributed by atoms with Gasteiger partial charge in [0.05, 0.1) is 19.1 Å². The minimum Gasteiger partial charge on any atom is -0.383 e. The zero-order valence-electron chi connectivity index (χ0n) is 11.0. The van der Waals surface area contributed by atoms with Crippen molar-refractivity contribution in [3.05, 3.63) is 17.5 Å². The van der Waals surface area contributed by atoms with Crippen LogP contribution in [0.1, 0.15) is 22.6 Å². The molecule has 0 saturated heterocycles. The van der Waals surface area contributed by atoms with Gasteiger partial charge < -0.3 is 9.64 Å². The van der Waals surface area contributed by atoms with E-state index in [1.54, 1.807) is 29.8 Å².